The van der Waals surface area contributed by atoms with E-state index in [4.69, 9.17) is 9.84 Å². The Hall–Kier alpha value is -1.59. The zero-order valence-corrected chi connectivity index (χ0v) is 12.8. The van der Waals surface area contributed by atoms with Crippen LogP contribution in [0.5, 0.6) is 0 Å². The second kappa shape index (κ2) is 7.11. The highest BCUT2D eigenvalue weighted by Crippen LogP contribution is 2.29. The molecule has 1 unspecified atom stereocenters. The van der Waals surface area contributed by atoms with Gasteiger partial charge < -0.3 is 15.2 Å². The Labute approximate surface area is 131 Å². The van der Waals surface area contributed by atoms with Crippen LogP contribution in [-0.4, -0.2) is 47.9 Å². The molecule has 0 spiro atoms. The molecule has 2 fully saturated rings. The van der Waals surface area contributed by atoms with Crippen molar-refractivity contribution in [2.75, 3.05) is 19.7 Å². The summed E-state index contributed by atoms with van der Waals surface area (Å²) in [5.74, 6) is 0.250. The minimum Gasteiger partial charge on any atom is -0.465 e. The molecule has 22 heavy (non-hydrogen) atoms. The van der Waals surface area contributed by atoms with E-state index in [9.17, 15) is 4.79 Å². The van der Waals surface area contributed by atoms with Gasteiger partial charge in [-0.05, 0) is 24.8 Å². The maximum atomic E-state index is 11.1. The Kier molecular flexibility index (Phi) is 4.95. The van der Waals surface area contributed by atoms with Gasteiger partial charge in [-0.1, -0.05) is 30.3 Å². The van der Waals surface area contributed by atoms with Crippen molar-refractivity contribution in [3.8, 4) is 0 Å². The molecule has 0 radical (unpaired) electrons. The molecule has 5 nitrogen and oxygen atoms in total. The molecule has 2 heterocycles. The topological polar surface area (TPSA) is 61.8 Å². The highest BCUT2D eigenvalue weighted by Gasteiger charge is 2.39. The summed E-state index contributed by atoms with van der Waals surface area (Å²) in [5, 5.41) is 11.8. The zero-order chi connectivity index (χ0) is 15.4. The summed E-state index contributed by atoms with van der Waals surface area (Å²) in [6.45, 7) is 3.32. The lowest BCUT2D eigenvalue weighted by Gasteiger charge is -2.31. The standard InChI is InChI=1S/C17H24N2O3/c20-17(21)18-15-12-19(10-13-6-2-1-3-7-13)11-14(15)16-8-4-5-9-22-16/h1-3,6-7,14-16,18H,4-5,8-12H2,(H,20,21)/t14-,15-,16?/m0/s1. The van der Waals surface area contributed by atoms with Crippen LogP contribution in [0.4, 0.5) is 4.79 Å². The van der Waals surface area contributed by atoms with Gasteiger partial charge in [0.25, 0.3) is 0 Å². The molecule has 1 amide bonds. The SMILES string of the molecule is O=C(O)N[C@H]1CN(Cc2ccccc2)C[C@@H]1C1CCCCO1. The normalized spacial score (nSPS) is 29.4. The molecule has 1 aromatic rings. The van der Waals surface area contributed by atoms with Crippen molar-refractivity contribution in [3.63, 3.8) is 0 Å². The molecule has 0 bridgehead atoms. The monoisotopic (exact) mass is 304 g/mol. The fourth-order valence-corrected chi connectivity index (χ4v) is 3.68. The van der Waals surface area contributed by atoms with E-state index in [0.29, 0.717) is 0 Å². The predicted octanol–water partition coefficient (Wildman–Crippen LogP) is 2.32. The third-order valence-electron chi connectivity index (χ3n) is 4.69. The predicted molar refractivity (Wildman–Crippen MR) is 83.7 cm³/mol. The summed E-state index contributed by atoms with van der Waals surface area (Å²) >= 11 is 0. The first kappa shape index (κ1) is 15.3. The second-order valence-corrected chi connectivity index (χ2v) is 6.30. The number of amides is 1. The van der Waals surface area contributed by atoms with Crippen molar-refractivity contribution in [3.05, 3.63) is 35.9 Å². The van der Waals surface area contributed by atoms with Crippen LogP contribution in [0.3, 0.4) is 0 Å². The second-order valence-electron chi connectivity index (χ2n) is 6.30. The van der Waals surface area contributed by atoms with E-state index in [1.807, 2.05) is 18.2 Å². The molecule has 5 heteroatoms. The molecule has 2 aliphatic rings. The van der Waals surface area contributed by atoms with Crippen molar-refractivity contribution in [2.24, 2.45) is 5.92 Å². The van der Waals surface area contributed by atoms with Crippen LogP contribution >= 0.6 is 0 Å². The van der Waals surface area contributed by atoms with Crippen LogP contribution in [-0.2, 0) is 11.3 Å². The maximum absolute atomic E-state index is 11.1. The molecule has 3 atom stereocenters. The maximum Gasteiger partial charge on any atom is 0.404 e. The molecule has 0 aromatic heterocycles. The van der Waals surface area contributed by atoms with Crippen molar-refractivity contribution < 1.29 is 14.6 Å². The number of carboxylic acid groups (broad SMARTS) is 1. The first-order valence-electron chi connectivity index (χ1n) is 8.10. The summed E-state index contributed by atoms with van der Waals surface area (Å²) in [6.07, 6.45) is 2.59. The van der Waals surface area contributed by atoms with E-state index in [-0.39, 0.29) is 18.1 Å². The van der Waals surface area contributed by atoms with Crippen LogP contribution < -0.4 is 5.32 Å². The third-order valence-corrected chi connectivity index (χ3v) is 4.69. The summed E-state index contributed by atoms with van der Waals surface area (Å²) in [6, 6.07) is 10.3. The molecule has 0 aliphatic carbocycles. The Bertz CT molecular complexity index is 488. The number of benzene rings is 1. The number of hydrogen-bond acceptors (Lipinski definition) is 3. The molecule has 120 valence electrons. The molecular formula is C17H24N2O3. The van der Waals surface area contributed by atoms with Crippen LogP contribution in [0.15, 0.2) is 30.3 Å². The van der Waals surface area contributed by atoms with E-state index in [1.165, 1.54) is 12.0 Å². The third kappa shape index (κ3) is 3.78. The minimum absolute atomic E-state index is 0.0377. The largest absolute Gasteiger partial charge is 0.465 e. The van der Waals surface area contributed by atoms with Crippen molar-refractivity contribution in [1.82, 2.24) is 10.2 Å². The summed E-state index contributed by atoms with van der Waals surface area (Å²) < 4.78 is 5.91. The summed E-state index contributed by atoms with van der Waals surface area (Å²) in [5.41, 5.74) is 1.27. The highest BCUT2D eigenvalue weighted by molar-refractivity contribution is 5.65. The van der Waals surface area contributed by atoms with Crippen molar-refractivity contribution in [2.45, 2.75) is 38.0 Å². The van der Waals surface area contributed by atoms with Crippen LogP contribution in [0.1, 0.15) is 24.8 Å². The Balaban J connectivity index is 1.66. The first-order chi connectivity index (χ1) is 10.7. The average Bonchev–Trinajstić information content (AvgIpc) is 2.91. The van der Waals surface area contributed by atoms with E-state index < -0.39 is 6.09 Å². The van der Waals surface area contributed by atoms with Gasteiger partial charge in [0, 0.05) is 32.2 Å². The molecule has 3 rings (SSSR count). The summed E-state index contributed by atoms with van der Waals surface area (Å²) in [7, 11) is 0. The van der Waals surface area contributed by atoms with E-state index in [0.717, 1.165) is 39.1 Å². The molecule has 2 saturated heterocycles. The number of likely N-dealkylation sites (tertiary alicyclic amines) is 1. The van der Waals surface area contributed by atoms with E-state index in [2.05, 4.69) is 22.3 Å². The lowest BCUT2D eigenvalue weighted by molar-refractivity contribution is -0.0234. The van der Waals surface area contributed by atoms with Crippen LogP contribution in [0.2, 0.25) is 0 Å². The lowest BCUT2D eigenvalue weighted by Crippen LogP contribution is -2.45. The number of ether oxygens (including phenoxy) is 1. The minimum atomic E-state index is -0.938. The number of nitrogens with one attached hydrogen (secondary N) is 1. The summed E-state index contributed by atoms with van der Waals surface area (Å²) in [4.78, 5) is 13.4. The van der Waals surface area contributed by atoms with Gasteiger partial charge >= 0.3 is 6.09 Å². The van der Waals surface area contributed by atoms with Gasteiger partial charge in [-0.3, -0.25) is 4.90 Å². The number of hydrogen-bond donors (Lipinski definition) is 2. The fraction of sp³-hybridized carbons (Fsp3) is 0.588. The zero-order valence-electron chi connectivity index (χ0n) is 12.8. The first-order valence-corrected chi connectivity index (χ1v) is 8.10. The average molecular weight is 304 g/mol. The van der Waals surface area contributed by atoms with Crippen LogP contribution in [0, 0.1) is 5.92 Å². The van der Waals surface area contributed by atoms with Crippen molar-refractivity contribution in [1.29, 1.82) is 0 Å². The van der Waals surface area contributed by atoms with Crippen LogP contribution in [0.25, 0.3) is 0 Å². The van der Waals surface area contributed by atoms with Crippen molar-refractivity contribution >= 4 is 6.09 Å². The van der Waals surface area contributed by atoms with Gasteiger partial charge in [0.15, 0.2) is 0 Å². The number of nitrogens with zero attached hydrogens (tertiary/aromatic N) is 1. The Morgan fingerprint density at radius 2 is 2.09 bits per heavy atom. The molecule has 2 N–H and O–H groups in total. The quantitative estimate of drug-likeness (QED) is 0.896. The Morgan fingerprint density at radius 3 is 2.77 bits per heavy atom. The van der Waals surface area contributed by atoms with Gasteiger partial charge in [-0.15, -0.1) is 0 Å². The molecule has 1 aromatic carbocycles. The van der Waals surface area contributed by atoms with E-state index in [1.54, 1.807) is 0 Å². The molecule has 2 aliphatic heterocycles. The molecule has 0 saturated carbocycles. The fourth-order valence-electron chi connectivity index (χ4n) is 3.68. The van der Waals surface area contributed by atoms with Gasteiger partial charge in [-0.25, -0.2) is 4.79 Å². The lowest BCUT2D eigenvalue weighted by atomic mass is 9.91. The number of rotatable bonds is 4. The molecular weight excluding hydrogens is 280 g/mol. The Morgan fingerprint density at radius 1 is 1.27 bits per heavy atom. The van der Waals surface area contributed by atoms with Gasteiger partial charge in [0.05, 0.1) is 12.1 Å². The van der Waals surface area contributed by atoms with Gasteiger partial charge in [-0.2, -0.15) is 0 Å². The smallest absolute Gasteiger partial charge is 0.404 e. The van der Waals surface area contributed by atoms with Gasteiger partial charge in [0.1, 0.15) is 0 Å². The van der Waals surface area contributed by atoms with E-state index >= 15 is 0 Å². The van der Waals surface area contributed by atoms with Gasteiger partial charge in [0.2, 0.25) is 0 Å². The highest BCUT2D eigenvalue weighted by atomic mass is 16.5. The number of carbonyl (C=O) groups is 1.